The molecule has 3 rings (SSSR count). The molecular weight excluding hydrogens is 574 g/mol. The first-order valence-corrected chi connectivity index (χ1v) is 12.4. The van der Waals surface area contributed by atoms with Crippen LogP contribution in [0.5, 0.6) is 17.2 Å². The van der Waals surface area contributed by atoms with E-state index in [0.29, 0.717) is 5.56 Å². The van der Waals surface area contributed by atoms with Gasteiger partial charge in [-0.3, -0.25) is 24.0 Å². The van der Waals surface area contributed by atoms with Crippen molar-refractivity contribution in [3.8, 4) is 17.2 Å². The minimum absolute atomic E-state index is 0.162. The lowest BCUT2D eigenvalue weighted by Crippen LogP contribution is -2.46. The molecule has 0 saturated heterocycles. The van der Waals surface area contributed by atoms with E-state index in [1.165, 1.54) is 31.3 Å². The van der Waals surface area contributed by atoms with E-state index in [1.54, 1.807) is 6.20 Å². The van der Waals surface area contributed by atoms with Gasteiger partial charge in [0, 0.05) is 61.9 Å². The number of fused-ring (bicyclic) bond motifs is 1. The quantitative estimate of drug-likeness (QED) is 0.249. The van der Waals surface area contributed by atoms with Gasteiger partial charge in [-0.2, -0.15) is 0 Å². The van der Waals surface area contributed by atoms with Crippen LogP contribution >= 0.6 is 15.9 Å². The van der Waals surface area contributed by atoms with Gasteiger partial charge in [0.1, 0.15) is 6.04 Å². The summed E-state index contributed by atoms with van der Waals surface area (Å²) in [7, 11) is 0. The van der Waals surface area contributed by atoms with Crippen LogP contribution in [0.4, 0.5) is 0 Å². The molecule has 0 aliphatic carbocycles. The fraction of sp³-hybridized carbons (Fsp3) is 0.222. The third kappa shape index (κ3) is 8.27. The zero-order valence-corrected chi connectivity index (χ0v) is 23.1. The zero-order chi connectivity index (χ0) is 28.7. The Balaban J connectivity index is 1.85. The summed E-state index contributed by atoms with van der Waals surface area (Å²) in [6.07, 6.45) is 4.78. The molecule has 1 heterocycles. The van der Waals surface area contributed by atoms with Crippen molar-refractivity contribution in [1.82, 2.24) is 15.6 Å². The van der Waals surface area contributed by atoms with Crippen molar-refractivity contribution in [3.05, 3.63) is 58.3 Å². The highest BCUT2D eigenvalue weighted by molar-refractivity contribution is 9.10. The molecule has 2 aromatic carbocycles. The summed E-state index contributed by atoms with van der Waals surface area (Å²) >= 11 is 3.42. The number of nitrogens with one attached hydrogen (secondary N) is 3. The predicted molar refractivity (Wildman–Crippen MR) is 145 cm³/mol. The number of H-pyrrole nitrogens is 1. The average Bonchev–Trinajstić information content (AvgIpc) is 3.21. The number of carbonyl (C=O) groups excluding carboxylic acids is 5. The highest BCUT2D eigenvalue weighted by Gasteiger charge is 2.22. The number of aromatic amines is 1. The lowest BCUT2D eigenvalue weighted by molar-refractivity contribution is -0.135. The third-order valence-electron chi connectivity index (χ3n) is 5.15. The molecule has 0 saturated carbocycles. The number of ether oxygens (including phenoxy) is 3. The van der Waals surface area contributed by atoms with Crippen LogP contribution in [0.15, 0.2) is 47.2 Å². The first-order chi connectivity index (χ1) is 18.4. The van der Waals surface area contributed by atoms with Gasteiger partial charge in [-0.25, -0.2) is 0 Å². The van der Waals surface area contributed by atoms with Crippen molar-refractivity contribution in [2.45, 2.75) is 40.2 Å². The van der Waals surface area contributed by atoms with E-state index < -0.39 is 29.9 Å². The molecule has 2 amide bonds. The summed E-state index contributed by atoms with van der Waals surface area (Å²) in [5, 5.41) is 6.20. The Labute approximate surface area is 232 Å². The van der Waals surface area contributed by atoms with Crippen LogP contribution < -0.4 is 24.8 Å². The smallest absolute Gasteiger partial charge is 0.308 e. The van der Waals surface area contributed by atoms with Gasteiger partial charge in [0.15, 0.2) is 11.5 Å². The molecule has 204 valence electrons. The number of esters is 3. The number of hydrogen-bond acceptors (Lipinski definition) is 8. The largest absolute Gasteiger partial charge is 0.423 e. The number of benzene rings is 2. The van der Waals surface area contributed by atoms with Gasteiger partial charge >= 0.3 is 17.9 Å². The number of carbonyl (C=O) groups is 5. The fourth-order valence-electron chi connectivity index (χ4n) is 3.72. The number of rotatable bonds is 9. The van der Waals surface area contributed by atoms with Crippen LogP contribution in [-0.4, -0.2) is 40.7 Å². The van der Waals surface area contributed by atoms with Crippen molar-refractivity contribution in [1.29, 1.82) is 0 Å². The highest BCUT2D eigenvalue weighted by atomic mass is 79.9. The number of amides is 2. The van der Waals surface area contributed by atoms with Gasteiger partial charge in [0.05, 0.1) is 0 Å². The number of aromatic nitrogens is 1. The molecule has 3 aromatic rings. The van der Waals surface area contributed by atoms with Gasteiger partial charge in [-0.05, 0) is 41.5 Å². The third-order valence-corrected chi connectivity index (χ3v) is 5.64. The Morgan fingerprint density at radius 1 is 0.923 bits per heavy atom. The maximum absolute atomic E-state index is 13.0. The molecule has 3 N–H and O–H groups in total. The van der Waals surface area contributed by atoms with Crippen LogP contribution in [-0.2, 0) is 30.4 Å². The Morgan fingerprint density at radius 3 is 2.10 bits per heavy atom. The molecule has 0 aliphatic heterocycles. The summed E-state index contributed by atoms with van der Waals surface area (Å²) in [6.45, 7) is 4.76. The number of hydrogen-bond donors (Lipinski definition) is 3. The lowest BCUT2D eigenvalue weighted by Gasteiger charge is -2.16. The zero-order valence-electron chi connectivity index (χ0n) is 21.5. The van der Waals surface area contributed by atoms with Gasteiger partial charge < -0.3 is 29.8 Å². The van der Waals surface area contributed by atoms with Crippen molar-refractivity contribution >= 4 is 62.6 Å². The molecule has 0 fully saturated rings. The molecule has 1 atom stereocenters. The van der Waals surface area contributed by atoms with Crippen molar-refractivity contribution < 1.29 is 38.2 Å². The highest BCUT2D eigenvalue weighted by Crippen LogP contribution is 2.39. The summed E-state index contributed by atoms with van der Waals surface area (Å²) in [5.74, 6) is -3.55. The number of halogens is 1. The van der Waals surface area contributed by atoms with Crippen LogP contribution in [0, 0.1) is 0 Å². The molecule has 12 heteroatoms. The Morgan fingerprint density at radius 2 is 1.54 bits per heavy atom. The van der Waals surface area contributed by atoms with E-state index in [0.717, 1.165) is 41.7 Å². The van der Waals surface area contributed by atoms with Gasteiger partial charge in [-0.15, -0.1) is 0 Å². The topological polar surface area (TPSA) is 153 Å². The minimum Gasteiger partial charge on any atom is -0.423 e. The van der Waals surface area contributed by atoms with Crippen molar-refractivity contribution in [2.24, 2.45) is 0 Å². The normalized spacial score (nSPS) is 11.6. The van der Waals surface area contributed by atoms with E-state index in [2.05, 4.69) is 31.5 Å². The molecule has 0 radical (unpaired) electrons. The average molecular weight is 600 g/mol. The summed E-state index contributed by atoms with van der Waals surface area (Å²) < 4.78 is 16.3. The van der Waals surface area contributed by atoms with E-state index in [-0.39, 0.29) is 29.6 Å². The molecule has 39 heavy (non-hydrogen) atoms. The Kier molecular flexibility index (Phi) is 9.61. The maximum Gasteiger partial charge on any atom is 0.308 e. The van der Waals surface area contributed by atoms with Crippen LogP contribution in [0.3, 0.4) is 0 Å². The summed E-state index contributed by atoms with van der Waals surface area (Å²) in [4.78, 5) is 62.7. The molecule has 0 aliphatic rings. The van der Waals surface area contributed by atoms with Crippen molar-refractivity contribution in [3.63, 3.8) is 0 Å². The second-order valence-electron chi connectivity index (χ2n) is 8.43. The van der Waals surface area contributed by atoms with Gasteiger partial charge in [0.25, 0.3) is 0 Å². The fourth-order valence-corrected chi connectivity index (χ4v) is 4.08. The first kappa shape index (κ1) is 29.1. The SMILES string of the molecule is CC(=O)NC(Cc1c[nH]c2cc(Br)ccc12)C(=O)NC=Cc1cc(OC(C)=O)c(OC(C)=O)c(OC(C)=O)c1. The van der Waals surface area contributed by atoms with E-state index >= 15 is 0 Å². The van der Waals surface area contributed by atoms with E-state index in [9.17, 15) is 24.0 Å². The standard InChI is InChI=1S/C27H26BrN3O8/c1-14(32)31-23(11-19-13-30-22-12-20(28)5-6-21(19)22)27(36)29-8-7-18-9-24(37-15(2)33)26(39-17(4)35)25(10-18)38-16(3)34/h5-10,12-13,23,30H,11H2,1-4H3,(H,29,36)(H,31,32). The van der Waals surface area contributed by atoms with Gasteiger partial charge in [0.2, 0.25) is 17.6 Å². The lowest BCUT2D eigenvalue weighted by atomic mass is 10.0. The van der Waals surface area contributed by atoms with Crippen LogP contribution in [0.2, 0.25) is 0 Å². The monoisotopic (exact) mass is 599 g/mol. The van der Waals surface area contributed by atoms with E-state index in [4.69, 9.17) is 14.2 Å². The minimum atomic E-state index is -0.880. The molecule has 11 nitrogen and oxygen atoms in total. The van der Waals surface area contributed by atoms with Crippen LogP contribution in [0.25, 0.3) is 17.0 Å². The molecule has 1 aromatic heterocycles. The molecule has 0 spiro atoms. The second-order valence-corrected chi connectivity index (χ2v) is 9.35. The van der Waals surface area contributed by atoms with Crippen LogP contribution in [0.1, 0.15) is 38.8 Å². The molecular formula is C27H26BrN3O8. The maximum atomic E-state index is 13.0. The van der Waals surface area contributed by atoms with Crippen molar-refractivity contribution in [2.75, 3.05) is 0 Å². The molecule has 0 bridgehead atoms. The predicted octanol–water partition coefficient (Wildman–Crippen LogP) is 3.54. The summed E-state index contributed by atoms with van der Waals surface area (Å²) in [6, 6.07) is 7.56. The second kappa shape index (κ2) is 12.9. The molecule has 1 unspecified atom stereocenters. The Hall–Kier alpha value is -4.45. The summed E-state index contributed by atoms with van der Waals surface area (Å²) in [5.41, 5.74) is 2.07. The van der Waals surface area contributed by atoms with E-state index in [1.807, 2.05) is 18.2 Å². The Bertz CT molecular complexity index is 1440. The van der Waals surface area contributed by atoms with Gasteiger partial charge in [-0.1, -0.05) is 22.0 Å². The first-order valence-electron chi connectivity index (χ1n) is 11.7.